The van der Waals surface area contributed by atoms with E-state index in [4.69, 9.17) is 4.74 Å². The number of hydrogen-bond donors (Lipinski definition) is 1. The maximum Gasteiger partial charge on any atom is 0.302 e. The molecule has 0 aromatic carbocycles. The molecule has 0 aliphatic heterocycles. The number of carbonyl (C=O) groups is 1. The van der Waals surface area contributed by atoms with Crippen LogP contribution in [0.5, 0.6) is 0 Å². The molecule has 0 spiro atoms. The Morgan fingerprint density at radius 1 is 1.04 bits per heavy atom. The molecule has 0 radical (unpaired) electrons. The second kappa shape index (κ2) is 6.51. The smallest absolute Gasteiger partial charge is 0.302 e. The molecule has 0 aromatic heterocycles. The number of carbonyl (C=O) groups excluding carboxylic acids is 1. The van der Waals surface area contributed by atoms with Crippen molar-refractivity contribution in [3.8, 4) is 11.8 Å². The van der Waals surface area contributed by atoms with E-state index in [9.17, 15) is 9.90 Å². The van der Waals surface area contributed by atoms with Crippen molar-refractivity contribution in [3.63, 3.8) is 0 Å². The van der Waals surface area contributed by atoms with Gasteiger partial charge in [0, 0.05) is 12.3 Å². The van der Waals surface area contributed by atoms with Gasteiger partial charge in [-0.15, -0.1) is 5.92 Å². The normalized spacial score (nSPS) is 51.2. The van der Waals surface area contributed by atoms with Gasteiger partial charge in [-0.2, -0.15) is 0 Å². The Hall–Kier alpha value is -1.01. The maximum absolute atomic E-state index is 11.4. The largest absolute Gasteiger partial charge is 0.463 e. The summed E-state index contributed by atoms with van der Waals surface area (Å²) in [6.07, 6.45) is 10.2. The molecule has 8 atom stereocenters. The Bertz CT molecular complexity index is 675. The summed E-state index contributed by atoms with van der Waals surface area (Å²) in [6, 6.07) is 0. The van der Waals surface area contributed by atoms with Gasteiger partial charge >= 0.3 is 5.97 Å². The van der Waals surface area contributed by atoms with Gasteiger partial charge in [-0.1, -0.05) is 19.8 Å². The van der Waals surface area contributed by atoms with Gasteiger partial charge in [-0.3, -0.25) is 4.79 Å². The van der Waals surface area contributed by atoms with E-state index in [0.717, 1.165) is 43.9 Å². The van der Waals surface area contributed by atoms with Crippen molar-refractivity contribution in [2.24, 2.45) is 34.5 Å². The summed E-state index contributed by atoms with van der Waals surface area (Å²) < 4.78 is 5.57. The van der Waals surface area contributed by atoms with Gasteiger partial charge in [0.25, 0.3) is 0 Å². The molecule has 4 fully saturated rings. The third kappa shape index (κ3) is 2.78. The van der Waals surface area contributed by atoms with Gasteiger partial charge in [0.05, 0.1) is 0 Å². The highest BCUT2D eigenvalue weighted by molar-refractivity contribution is 5.66. The lowest BCUT2D eigenvalue weighted by molar-refractivity contribution is -0.163. The Morgan fingerprint density at radius 3 is 2.48 bits per heavy atom. The second-order valence-corrected chi connectivity index (χ2v) is 10.4. The van der Waals surface area contributed by atoms with Crippen LogP contribution in [-0.4, -0.2) is 22.8 Å². The fraction of sp³-hybridized carbons (Fsp3) is 0.875. The van der Waals surface area contributed by atoms with E-state index in [1.54, 1.807) is 0 Å². The summed E-state index contributed by atoms with van der Waals surface area (Å²) >= 11 is 0. The Kier molecular flexibility index (Phi) is 4.66. The Morgan fingerprint density at radius 2 is 1.78 bits per heavy atom. The van der Waals surface area contributed by atoms with Gasteiger partial charge in [0.15, 0.2) is 0 Å². The Balaban J connectivity index is 1.56. The third-order valence-electron chi connectivity index (χ3n) is 9.43. The zero-order valence-corrected chi connectivity index (χ0v) is 17.5. The number of ether oxygens (including phenoxy) is 1. The minimum Gasteiger partial charge on any atom is -0.463 e. The van der Waals surface area contributed by atoms with E-state index < -0.39 is 5.60 Å². The van der Waals surface area contributed by atoms with Crippen LogP contribution in [0.15, 0.2) is 0 Å². The molecule has 150 valence electrons. The number of esters is 1. The van der Waals surface area contributed by atoms with Crippen LogP contribution >= 0.6 is 0 Å². The average molecular weight is 373 g/mol. The molecule has 0 saturated heterocycles. The lowest BCUT2D eigenvalue weighted by atomic mass is 9.44. The molecule has 4 aliphatic carbocycles. The maximum atomic E-state index is 11.4. The molecule has 4 aliphatic rings. The summed E-state index contributed by atoms with van der Waals surface area (Å²) in [5.41, 5.74) is -0.463. The molecule has 0 heterocycles. The third-order valence-corrected chi connectivity index (χ3v) is 9.43. The highest BCUT2D eigenvalue weighted by Crippen LogP contribution is 2.68. The van der Waals surface area contributed by atoms with Crippen LogP contribution in [0.1, 0.15) is 85.5 Å². The van der Waals surface area contributed by atoms with E-state index >= 15 is 0 Å². The van der Waals surface area contributed by atoms with E-state index in [0.29, 0.717) is 17.3 Å². The quantitative estimate of drug-likeness (QED) is 0.535. The van der Waals surface area contributed by atoms with Gasteiger partial charge in [0.2, 0.25) is 0 Å². The highest BCUT2D eigenvalue weighted by Gasteiger charge is 2.64. The fourth-order valence-corrected chi connectivity index (χ4v) is 7.99. The SMILES string of the molecule is CC#C[C@]1(O)CCC2C3CC[C@H]4C[C@H](OC(C)=O)CC[C@]4(C)C3CC[C@@]21C. The van der Waals surface area contributed by atoms with Crippen LogP contribution in [0, 0.1) is 46.3 Å². The van der Waals surface area contributed by atoms with Crippen LogP contribution in [0.2, 0.25) is 0 Å². The second-order valence-electron chi connectivity index (χ2n) is 10.4. The van der Waals surface area contributed by atoms with Gasteiger partial charge in [-0.25, -0.2) is 0 Å². The van der Waals surface area contributed by atoms with Crippen molar-refractivity contribution in [2.45, 2.75) is 97.2 Å². The summed E-state index contributed by atoms with van der Waals surface area (Å²) in [5.74, 6) is 8.84. The monoisotopic (exact) mass is 372 g/mol. The summed E-state index contributed by atoms with van der Waals surface area (Å²) in [4.78, 5) is 11.4. The molecule has 3 unspecified atom stereocenters. The molecular formula is C24H36O3. The highest BCUT2D eigenvalue weighted by atomic mass is 16.5. The van der Waals surface area contributed by atoms with Crippen molar-refractivity contribution in [3.05, 3.63) is 0 Å². The van der Waals surface area contributed by atoms with Crippen molar-refractivity contribution in [2.75, 3.05) is 0 Å². The zero-order chi connectivity index (χ0) is 19.4. The van der Waals surface area contributed by atoms with Crippen molar-refractivity contribution >= 4 is 5.97 Å². The van der Waals surface area contributed by atoms with Crippen LogP contribution in [0.3, 0.4) is 0 Å². The fourth-order valence-electron chi connectivity index (χ4n) is 7.99. The first kappa shape index (κ1) is 19.3. The molecule has 27 heavy (non-hydrogen) atoms. The number of hydrogen-bond acceptors (Lipinski definition) is 3. The summed E-state index contributed by atoms with van der Waals surface area (Å²) in [6.45, 7) is 8.23. The summed E-state index contributed by atoms with van der Waals surface area (Å²) in [5, 5.41) is 11.3. The first-order chi connectivity index (χ1) is 12.7. The molecule has 1 N–H and O–H groups in total. The molecule has 0 amide bonds. The van der Waals surface area contributed by atoms with Gasteiger partial charge in [0.1, 0.15) is 11.7 Å². The van der Waals surface area contributed by atoms with Crippen LogP contribution in [0.4, 0.5) is 0 Å². The molecule has 4 rings (SSSR count). The average Bonchev–Trinajstić information content (AvgIpc) is 2.86. The molecule has 0 bridgehead atoms. The Labute approximate surface area is 164 Å². The lowest BCUT2D eigenvalue weighted by Gasteiger charge is -2.61. The van der Waals surface area contributed by atoms with Crippen LogP contribution in [-0.2, 0) is 9.53 Å². The summed E-state index contributed by atoms with van der Waals surface area (Å²) in [7, 11) is 0. The predicted octanol–water partition coefficient (Wildman–Crippen LogP) is 4.72. The predicted molar refractivity (Wildman–Crippen MR) is 106 cm³/mol. The van der Waals surface area contributed by atoms with Crippen molar-refractivity contribution < 1.29 is 14.6 Å². The minimum atomic E-state index is -0.790. The molecular weight excluding hydrogens is 336 g/mol. The molecule has 3 nitrogen and oxygen atoms in total. The topological polar surface area (TPSA) is 46.5 Å². The lowest BCUT2D eigenvalue weighted by Crippen LogP contribution is -2.56. The van der Waals surface area contributed by atoms with Gasteiger partial charge in [-0.05, 0) is 93.8 Å². The standard InChI is InChI=1S/C24H36O3/c1-5-11-24(26)14-10-21-19-7-6-17-15-18(27-16(2)25)8-12-22(17,3)20(19)9-13-23(21,24)4/h17-21,26H,6-10,12-15H2,1-4H3/t17-,18+,19?,20?,21?,22-,23-,24-/m0/s1. The van der Waals surface area contributed by atoms with E-state index in [2.05, 4.69) is 25.7 Å². The number of fused-ring (bicyclic) bond motifs is 5. The van der Waals surface area contributed by atoms with E-state index in [-0.39, 0.29) is 17.5 Å². The number of aliphatic hydroxyl groups is 1. The molecule has 3 heteroatoms. The first-order valence-electron chi connectivity index (χ1n) is 11.1. The van der Waals surface area contributed by atoms with Crippen molar-refractivity contribution in [1.29, 1.82) is 0 Å². The van der Waals surface area contributed by atoms with Crippen LogP contribution < -0.4 is 0 Å². The van der Waals surface area contributed by atoms with Gasteiger partial charge < -0.3 is 9.84 Å². The van der Waals surface area contributed by atoms with Crippen LogP contribution in [0.25, 0.3) is 0 Å². The molecule has 4 saturated carbocycles. The van der Waals surface area contributed by atoms with Crippen molar-refractivity contribution in [1.82, 2.24) is 0 Å². The van der Waals surface area contributed by atoms with E-state index in [1.165, 1.54) is 32.6 Å². The number of rotatable bonds is 1. The minimum absolute atomic E-state index is 0.0463. The van der Waals surface area contributed by atoms with E-state index in [1.807, 2.05) is 6.92 Å². The zero-order valence-electron chi connectivity index (χ0n) is 17.5. The molecule has 0 aromatic rings. The first-order valence-corrected chi connectivity index (χ1v) is 11.1.